The normalized spacial score (nSPS) is 19.3. The second-order valence-electron chi connectivity index (χ2n) is 4.20. The third-order valence-corrected chi connectivity index (χ3v) is 4.31. The van der Waals surface area contributed by atoms with Crippen LogP contribution in [0.25, 0.3) is 0 Å². The minimum atomic E-state index is 0.720. The van der Waals surface area contributed by atoms with E-state index < -0.39 is 0 Å². The van der Waals surface area contributed by atoms with E-state index in [1.165, 1.54) is 37.1 Å². The lowest BCUT2D eigenvalue weighted by Gasteiger charge is -2.22. The third kappa shape index (κ3) is 3.25. The van der Waals surface area contributed by atoms with Crippen molar-refractivity contribution in [1.29, 1.82) is 0 Å². The molecule has 1 aliphatic heterocycles. The van der Waals surface area contributed by atoms with Crippen molar-refractivity contribution in [3.63, 3.8) is 0 Å². The van der Waals surface area contributed by atoms with Crippen molar-refractivity contribution < 1.29 is 0 Å². The first-order valence-corrected chi connectivity index (χ1v) is 6.74. The molecule has 82 valence electrons. The van der Waals surface area contributed by atoms with Gasteiger partial charge in [0.25, 0.3) is 0 Å². The highest BCUT2D eigenvalue weighted by Crippen LogP contribution is 2.24. The smallest absolute Gasteiger partial charge is 0.0177 e. The van der Waals surface area contributed by atoms with Crippen molar-refractivity contribution in [3.05, 3.63) is 35.9 Å². The van der Waals surface area contributed by atoms with Crippen molar-refractivity contribution in [1.82, 2.24) is 4.31 Å². The van der Waals surface area contributed by atoms with Gasteiger partial charge in [-0.25, -0.2) is 4.31 Å². The highest BCUT2D eigenvalue weighted by molar-refractivity contribution is 7.97. The molecule has 1 saturated heterocycles. The first-order chi connectivity index (χ1) is 7.36. The summed E-state index contributed by atoms with van der Waals surface area (Å²) in [6.07, 6.45) is 3.84. The van der Waals surface area contributed by atoms with Crippen molar-refractivity contribution >= 4 is 11.9 Å². The van der Waals surface area contributed by atoms with Crippen LogP contribution in [0, 0.1) is 0 Å². The zero-order chi connectivity index (χ0) is 10.5. The Morgan fingerprint density at radius 1 is 1.33 bits per heavy atom. The quantitative estimate of drug-likeness (QED) is 0.717. The number of aryl methyl sites for hydroxylation is 1. The molecule has 1 nitrogen and oxygen atoms in total. The van der Waals surface area contributed by atoms with Gasteiger partial charge in [0.1, 0.15) is 0 Å². The van der Waals surface area contributed by atoms with Gasteiger partial charge in [-0.1, -0.05) is 42.3 Å². The topological polar surface area (TPSA) is 3.24 Å². The second kappa shape index (κ2) is 5.57. The third-order valence-electron chi connectivity index (χ3n) is 2.97. The molecule has 15 heavy (non-hydrogen) atoms. The molecular weight excluding hydrogens is 202 g/mol. The SMILES string of the molecule is CC(CCc1ccccc1)N1CCCS1. The first kappa shape index (κ1) is 11.0. The zero-order valence-electron chi connectivity index (χ0n) is 9.36. The standard InChI is InChI=1S/C13H19NS/c1-12(14-10-5-11-15-14)8-9-13-6-3-2-4-7-13/h2-4,6-7,12H,5,8-11H2,1H3. The van der Waals surface area contributed by atoms with E-state index in [9.17, 15) is 0 Å². The van der Waals surface area contributed by atoms with Crippen LogP contribution in [0.4, 0.5) is 0 Å². The molecule has 1 heterocycles. The first-order valence-electron chi connectivity index (χ1n) is 5.80. The lowest BCUT2D eigenvalue weighted by Crippen LogP contribution is -2.24. The highest BCUT2D eigenvalue weighted by atomic mass is 32.2. The maximum absolute atomic E-state index is 2.54. The van der Waals surface area contributed by atoms with E-state index in [2.05, 4.69) is 41.6 Å². The highest BCUT2D eigenvalue weighted by Gasteiger charge is 2.18. The summed E-state index contributed by atoms with van der Waals surface area (Å²) in [5.41, 5.74) is 1.47. The van der Waals surface area contributed by atoms with Crippen LogP contribution in [0.5, 0.6) is 0 Å². The van der Waals surface area contributed by atoms with E-state index in [0.29, 0.717) is 0 Å². The predicted octanol–water partition coefficient (Wildman–Crippen LogP) is 3.36. The molecular formula is C13H19NS. The summed E-state index contributed by atoms with van der Waals surface area (Å²) in [5.74, 6) is 1.32. The molecule has 1 fully saturated rings. The van der Waals surface area contributed by atoms with Gasteiger partial charge in [-0.3, -0.25) is 0 Å². The van der Waals surface area contributed by atoms with Gasteiger partial charge in [0.15, 0.2) is 0 Å². The average Bonchev–Trinajstić information content (AvgIpc) is 2.81. The Morgan fingerprint density at radius 3 is 2.80 bits per heavy atom. The van der Waals surface area contributed by atoms with Crippen LogP contribution in [0.15, 0.2) is 30.3 Å². The van der Waals surface area contributed by atoms with Crippen molar-refractivity contribution in [3.8, 4) is 0 Å². The molecule has 0 bridgehead atoms. The lowest BCUT2D eigenvalue weighted by atomic mass is 10.1. The summed E-state index contributed by atoms with van der Waals surface area (Å²) in [6.45, 7) is 3.63. The molecule has 2 rings (SSSR count). The molecule has 0 spiro atoms. The van der Waals surface area contributed by atoms with E-state index in [1.54, 1.807) is 0 Å². The summed E-state index contributed by atoms with van der Waals surface area (Å²) in [6, 6.07) is 11.5. The van der Waals surface area contributed by atoms with Crippen molar-refractivity contribution in [2.75, 3.05) is 12.3 Å². The van der Waals surface area contributed by atoms with E-state index >= 15 is 0 Å². The van der Waals surface area contributed by atoms with Crippen LogP contribution in [-0.4, -0.2) is 22.6 Å². The van der Waals surface area contributed by atoms with Crippen LogP contribution in [-0.2, 0) is 6.42 Å². The van der Waals surface area contributed by atoms with Gasteiger partial charge in [0.2, 0.25) is 0 Å². The molecule has 0 saturated carbocycles. The van der Waals surface area contributed by atoms with Crippen LogP contribution in [0.2, 0.25) is 0 Å². The summed E-state index contributed by atoms with van der Waals surface area (Å²) in [7, 11) is 0. The minimum Gasteiger partial charge on any atom is -0.248 e. The Balaban J connectivity index is 1.77. The average molecular weight is 221 g/mol. The molecule has 2 heteroatoms. The number of hydrogen-bond acceptors (Lipinski definition) is 2. The van der Waals surface area contributed by atoms with Gasteiger partial charge in [0.05, 0.1) is 0 Å². The van der Waals surface area contributed by atoms with Gasteiger partial charge in [-0.2, -0.15) is 0 Å². The lowest BCUT2D eigenvalue weighted by molar-refractivity contribution is 0.372. The van der Waals surface area contributed by atoms with E-state index in [0.717, 1.165) is 6.04 Å². The molecule has 1 atom stereocenters. The minimum absolute atomic E-state index is 0.720. The maximum Gasteiger partial charge on any atom is 0.0177 e. The fraction of sp³-hybridized carbons (Fsp3) is 0.538. The van der Waals surface area contributed by atoms with Gasteiger partial charge in [-0.05, 0) is 31.7 Å². The van der Waals surface area contributed by atoms with E-state index in [-0.39, 0.29) is 0 Å². The van der Waals surface area contributed by atoms with Crippen LogP contribution >= 0.6 is 11.9 Å². The molecule has 0 aromatic heterocycles. The number of hydrogen-bond donors (Lipinski definition) is 0. The Bertz CT molecular complexity index is 280. The van der Waals surface area contributed by atoms with Crippen molar-refractivity contribution in [2.24, 2.45) is 0 Å². The molecule has 0 N–H and O–H groups in total. The fourth-order valence-corrected chi connectivity index (χ4v) is 3.09. The van der Waals surface area contributed by atoms with Gasteiger partial charge in [-0.15, -0.1) is 0 Å². The molecule has 1 aliphatic rings. The molecule has 0 radical (unpaired) electrons. The van der Waals surface area contributed by atoms with Crippen LogP contribution in [0.3, 0.4) is 0 Å². The summed E-state index contributed by atoms with van der Waals surface area (Å²) in [5, 5.41) is 0. The Morgan fingerprint density at radius 2 is 2.13 bits per heavy atom. The molecule has 0 aliphatic carbocycles. The van der Waals surface area contributed by atoms with Gasteiger partial charge < -0.3 is 0 Å². The maximum atomic E-state index is 2.54. The van der Waals surface area contributed by atoms with Crippen molar-refractivity contribution in [2.45, 2.75) is 32.2 Å². The number of benzene rings is 1. The number of nitrogens with zero attached hydrogens (tertiary/aromatic N) is 1. The Labute approximate surface area is 97.0 Å². The Hall–Kier alpha value is -0.470. The molecule has 1 aromatic carbocycles. The Kier molecular flexibility index (Phi) is 4.09. The fourth-order valence-electron chi connectivity index (χ4n) is 1.98. The zero-order valence-corrected chi connectivity index (χ0v) is 10.2. The summed E-state index contributed by atoms with van der Waals surface area (Å²) < 4.78 is 2.54. The van der Waals surface area contributed by atoms with E-state index in [4.69, 9.17) is 0 Å². The van der Waals surface area contributed by atoms with Gasteiger partial charge >= 0.3 is 0 Å². The van der Waals surface area contributed by atoms with E-state index in [1.807, 2.05) is 11.9 Å². The summed E-state index contributed by atoms with van der Waals surface area (Å²) in [4.78, 5) is 0. The van der Waals surface area contributed by atoms with Gasteiger partial charge in [0, 0.05) is 18.3 Å². The predicted molar refractivity (Wildman–Crippen MR) is 68.0 cm³/mol. The molecule has 1 aromatic rings. The van der Waals surface area contributed by atoms with Crippen LogP contribution < -0.4 is 0 Å². The summed E-state index contributed by atoms with van der Waals surface area (Å²) >= 11 is 2.02. The number of rotatable bonds is 4. The largest absolute Gasteiger partial charge is 0.248 e. The molecule has 1 unspecified atom stereocenters. The van der Waals surface area contributed by atoms with Crippen LogP contribution in [0.1, 0.15) is 25.3 Å². The molecule has 0 amide bonds. The monoisotopic (exact) mass is 221 g/mol. The second-order valence-corrected chi connectivity index (χ2v) is 5.34.